The van der Waals surface area contributed by atoms with Crippen molar-refractivity contribution in [3.05, 3.63) is 0 Å². The van der Waals surface area contributed by atoms with Gasteiger partial charge in [0.1, 0.15) is 0 Å². The zero-order valence-corrected chi connectivity index (χ0v) is 10.1. The molecule has 1 fully saturated rings. The standard InChI is InChI=1S/C11H20N2O3/c1-4-13(9-5-6-9)11(16)12-8(3)7(2)10(14)15/h7-9H,4-6H2,1-3H3,(H,12,16)(H,14,15). The van der Waals surface area contributed by atoms with E-state index < -0.39 is 11.9 Å². The lowest BCUT2D eigenvalue weighted by Gasteiger charge is -2.25. The molecule has 0 aliphatic heterocycles. The first kappa shape index (κ1) is 12.8. The van der Waals surface area contributed by atoms with Crippen molar-refractivity contribution in [2.75, 3.05) is 6.54 Å². The number of hydrogen-bond acceptors (Lipinski definition) is 2. The second-order valence-corrected chi connectivity index (χ2v) is 4.38. The van der Waals surface area contributed by atoms with Crippen molar-refractivity contribution >= 4 is 12.0 Å². The average molecular weight is 228 g/mol. The Bertz CT molecular complexity index is 276. The molecule has 5 heteroatoms. The summed E-state index contributed by atoms with van der Waals surface area (Å²) in [6.07, 6.45) is 2.12. The van der Waals surface area contributed by atoms with Crippen LogP contribution in [-0.4, -0.2) is 40.6 Å². The second kappa shape index (κ2) is 5.18. The molecular formula is C11H20N2O3. The lowest BCUT2D eigenvalue weighted by Crippen LogP contribution is -2.48. The summed E-state index contributed by atoms with van der Waals surface area (Å²) < 4.78 is 0. The molecule has 1 saturated carbocycles. The van der Waals surface area contributed by atoms with Crippen LogP contribution in [0.15, 0.2) is 0 Å². The van der Waals surface area contributed by atoms with Crippen molar-refractivity contribution in [2.24, 2.45) is 5.92 Å². The molecule has 1 aliphatic rings. The molecule has 5 nitrogen and oxygen atoms in total. The predicted molar refractivity (Wildman–Crippen MR) is 60.2 cm³/mol. The third-order valence-corrected chi connectivity index (χ3v) is 3.08. The molecule has 2 atom stereocenters. The van der Waals surface area contributed by atoms with Crippen molar-refractivity contribution in [1.82, 2.24) is 10.2 Å². The number of amides is 2. The molecule has 0 spiro atoms. The molecule has 2 N–H and O–H groups in total. The third-order valence-electron chi connectivity index (χ3n) is 3.08. The highest BCUT2D eigenvalue weighted by Crippen LogP contribution is 2.26. The molecule has 1 aliphatic carbocycles. The van der Waals surface area contributed by atoms with Crippen LogP contribution in [0.3, 0.4) is 0 Å². The van der Waals surface area contributed by atoms with Crippen molar-refractivity contribution in [3.63, 3.8) is 0 Å². The average Bonchev–Trinajstić information content (AvgIpc) is 3.01. The maximum atomic E-state index is 11.8. The smallest absolute Gasteiger partial charge is 0.317 e. The van der Waals surface area contributed by atoms with Crippen LogP contribution in [0.5, 0.6) is 0 Å². The lowest BCUT2D eigenvalue weighted by atomic mass is 10.0. The van der Waals surface area contributed by atoms with Crippen LogP contribution < -0.4 is 5.32 Å². The van der Waals surface area contributed by atoms with Gasteiger partial charge < -0.3 is 15.3 Å². The highest BCUT2D eigenvalue weighted by Gasteiger charge is 2.32. The van der Waals surface area contributed by atoms with Gasteiger partial charge in [-0.1, -0.05) is 0 Å². The highest BCUT2D eigenvalue weighted by molar-refractivity contribution is 5.77. The number of urea groups is 1. The third kappa shape index (κ3) is 3.12. The van der Waals surface area contributed by atoms with Gasteiger partial charge in [-0.05, 0) is 33.6 Å². The van der Waals surface area contributed by atoms with Crippen LogP contribution >= 0.6 is 0 Å². The number of rotatable bonds is 5. The normalized spacial score (nSPS) is 18.7. The van der Waals surface area contributed by atoms with Crippen LogP contribution in [0.2, 0.25) is 0 Å². The van der Waals surface area contributed by atoms with Gasteiger partial charge >= 0.3 is 12.0 Å². The predicted octanol–water partition coefficient (Wildman–Crippen LogP) is 1.29. The minimum atomic E-state index is -0.887. The van der Waals surface area contributed by atoms with Crippen LogP contribution in [0.1, 0.15) is 33.6 Å². The largest absolute Gasteiger partial charge is 0.481 e. The van der Waals surface area contributed by atoms with Crippen molar-refractivity contribution in [2.45, 2.75) is 45.7 Å². The van der Waals surface area contributed by atoms with Crippen molar-refractivity contribution in [3.8, 4) is 0 Å². The summed E-state index contributed by atoms with van der Waals surface area (Å²) in [5.41, 5.74) is 0. The molecule has 0 heterocycles. The first-order chi connectivity index (χ1) is 7.47. The fraction of sp³-hybridized carbons (Fsp3) is 0.818. The Labute approximate surface area is 95.8 Å². The van der Waals surface area contributed by atoms with Crippen LogP contribution in [0.25, 0.3) is 0 Å². The quantitative estimate of drug-likeness (QED) is 0.745. The lowest BCUT2D eigenvalue weighted by molar-refractivity contribution is -0.141. The molecule has 0 aromatic heterocycles. The summed E-state index contributed by atoms with van der Waals surface area (Å²) in [5, 5.41) is 11.6. The zero-order chi connectivity index (χ0) is 12.3. The molecule has 0 aromatic carbocycles. The Kier molecular flexibility index (Phi) is 4.15. The van der Waals surface area contributed by atoms with E-state index in [-0.39, 0.29) is 12.1 Å². The second-order valence-electron chi connectivity index (χ2n) is 4.38. The van der Waals surface area contributed by atoms with E-state index in [1.807, 2.05) is 6.92 Å². The van der Waals surface area contributed by atoms with Crippen LogP contribution in [0.4, 0.5) is 4.79 Å². The van der Waals surface area contributed by atoms with Gasteiger partial charge in [0.2, 0.25) is 0 Å². The fourth-order valence-corrected chi connectivity index (χ4v) is 1.57. The summed E-state index contributed by atoms with van der Waals surface area (Å²) in [5.74, 6) is -1.45. The molecule has 16 heavy (non-hydrogen) atoms. The number of carboxylic acids is 1. The van der Waals surface area contributed by atoms with Crippen LogP contribution in [-0.2, 0) is 4.79 Å². The number of nitrogens with zero attached hydrogens (tertiary/aromatic N) is 1. The van der Waals surface area contributed by atoms with E-state index >= 15 is 0 Å². The maximum Gasteiger partial charge on any atom is 0.317 e. The van der Waals surface area contributed by atoms with Crippen LogP contribution in [0, 0.1) is 5.92 Å². The minimum Gasteiger partial charge on any atom is -0.481 e. The molecule has 0 aromatic rings. The van der Waals surface area contributed by atoms with E-state index in [0.29, 0.717) is 12.6 Å². The number of hydrogen-bond donors (Lipinski definition) is 2. The fourth-order valence-electron chi connectivity index (χ4n) is 1.57. The highest BCUT2D eigenvalue weighted by atomic mass is 16.4. The van der Waals surface area contributed by atoms with E-state index in [2.05, 4.69) is 5.32 Å². The number of carbonyl (C=O) groups excluding carboxylic acids is 1. The molecule has 2 amide bonds. The molecule has 1 rings (SSSR count). The van der Waals surface area contributed by atoms with Gasteiger partial charge in [0, 0.05) is 18.6 Å². The Hall–Kier alpha value is -1.26. The van der Waals surface area contributed by atoms with E-state index in [1.54, 1.807) is 18.7 Å². The summed E-state index contributed by atoms with van der Waals surface area (Å²) in [7, 11) is 0. The zero-order valence-electron chi connectivity index (χ0n) is 10.1. The molecule has 0 radical (unpaired) electrons. The SMILES string of the molecule is CCN(C(=O)NC(C)C(C)C(=O)O)C1CC1. The van der Waals surface area contributed by atoms with Gasteiger partial charge in [-0.3, -0.25) is 4.79 Å². The van der Waals surface area contributed by atoms with E-state index in [4.69, 9.17) is 5.11 Å². The molecule has 2 unspecified atom stereocenters. The number of carbonyl (C=O) groups is 2. The van der Waals surface area contributed by atoms with Gasteiger partial charge in [-0.25, -0.2) is 4.79 Å². The first-order valence-corrected chi connectivity index (χ1v) is 5.77. The first-order valence-electron chi connectivity index (χ1n) is 5.77. The molecule has 0 bridgehead atoms. The van der Waals surface area contributed by atoms with Gasteiger partial charge in [0.05, 0.1) is 5.92 Å². The van der Waals surface area contributed by atoms with Gasteiger partial charge in [-0.15, -0.1) is 0 Å². The molecule has 0 saturated heterocycles. The summed E-state index contributed by atoms with van der Waals surface area (Å²) in [6, 6.07) is -0.138. The van der Waals surface area contributed by atoms with E-state index in [0.717, 1.165) is 12.8 Å². The Morgan fingerprint density at radius 1 is 1.44 bits per heavy atom. The summed E-state index contributed by atoms with van der Waals surface area (Å²) in [6.45, 7) is 5.92. The summed E-state index contributed by atoms with van der Waals surface area (Å²) >= 11 is 0. The number of aliphatic carboxylic acids is 1. The van der Waals surface area contributed by atoms with E-state index in [1.165, 1.54) is 0 Å². The molecular weight excluding hydrogens is 208 g/mol. The Morgan fingerprint density at radius 2 is 2.00 bits per heavy atom. The topological polar surface area (TPSA) is 69.6 Å². The maximum absolute atomic E-state index is 11.8. The Balaban J connectivity index is 2.45. The number of carboxylic acid groups (broad SMARTS) is 1. The monoisotopic (exact) mass is 228 g/mol. The van der Waals surface area contributed by atoms with Gasteiger partial charge in [0.15, 0.2) is 0 Å². The van der Waals surface area contributed by atoms with Crippen molar-refractivity contribution < 1.29 is 14.7 Å². The molecule has 92 valence electrons. The summed E-state index contributed by atoms with van der Waals surface area (Å²) in [4.78, 5) is 24.3. The van der Waals surface area contributed by atoms with E-state index in [9.17, 15) is 9.59 Å². The van der Waals surface area contributed by atoms with Gasteiger partial charge in [0.25, 0.3) is 0 Å². The van der Waals surface area contributed by atoms with Gasteiger partial charge in [-0.2, -0.15) is 0 Å². The Morgan fingerprint density at radius 3 is 2.38 bits per heavy atom. The van der Waals surface area contributed by atoms with Crippen molar-refractivity contribution in [1.29, 1.82) is 0 Å². The number of nitrogens with one attached hydrogen (secondary N) is 1. The minimum absolute atomic E-state index is 0.148.